The van der Waals surface area contributed by atoms with E-state index >= 15 is 0 Å². The van der Waals surface area contributed by atoms with Gasteiger partial charge in [-0.15, -0.1) is 0 Å². The van der Waals surface area contributed by atoms with Crippen LogP contribution in [0.25, 0.3) is 0 Å². The number of carbonyl (C=O) groups excluding carboxylic acids is 2. The van der Waals surface area contributed by atoms with Crippen LogP contribution in [-0.2, 0) is 9.59 Å². The molecule has 3 N–H and O–H groups in total. The van der Waals surface area contributed by atoms with Gasteiger partial charge in [0, 0.05) is 6.08 Å². The Kier molecular flexibility index (Phi) is 5.67. The van der Waals surface area contributed by atoms with Crippen molar-refractivity contribution in [3.8, 4) is 0 Å². The predicted octanol–water partition coefficient (Wildman–Crippen LogP) is 0.969. The Labute approximate surface area is 90.9 Å². The van der Waals surface area contributed by atoms with Crippen molar-refractivity contribution in [1.82, 2.24) is 5.32 Å². The van der Waals surface area contributed by atoms with Crippen LogP contribution in [0.4, 0.5) is 0 Å². The largest absolute Gasteiger partial charge is 0.368 e. The lowest BCUT2D eigenvalue weighted by molar-refractivity contribution is -0.126. The Balaban J connectivity index is 4.49. The van der Waals surface area contributed by atoms with Gasteiger partial charge in [0.25, 0.3) is 0 Å². The molecule has 0 saturated heterocycles. The predicted molar refractivity (Wildman–Crippen MR) is 60.0 cm³/mol. The van der Waals surface area contributed by atoms with E-state index in [1.54, 1.807) is 0 Å². The first-order valence-corrected chi connectivity index (χ1v) is 5.13. The molecule has 86 valence electrons. The van der Waals surface area contributed by atoms with Crippen LogP contribution >= 0.6 is 0 Å². The summed E-state index contributed by atoms with van der Waals surface area (Å²) in [5.41, 5.74) is 6.11. The molecule has 4 heteroatoms. The van der Waals surface area contributed by atoms with Gasteiger partial charge in [-0.2, -0.15) is 0 Å². The highest BCUT2D eigenvalue weighted by Crippen LogP contribution is 2.07. The highest BCUT2D eigenvalue weighted by Gasteiger charge is 2.22. The summed E-state index contributed by atoms with van der Waals surface area (Å²) in [6, 6.07) is -0.585. The second-order valence-corrected chi connectivity index (χ2v) is 4.00. The third-order valence-electron chi connectivity index (χ3n) is 2.24. The molecule has 2 amide bonds. The van der Waals surface area contributed by atoms with Crippen LogP contribution in [0.15, 0.2) is 11.6 Å². The molecule has 0 bridgehead atoms. The topological polar surface area (TPSA) is 72.2 Å². The summed E-state index contributed by atoms with van der Waals surface area (Å²) < 4.78 is 0. The van der Waals surface area contributed by atoms with Gasteiger partial charge in [0.15, 0.2) is 0 Å². The number of rotatable bonds is 5. The number of amides is 2. The summed E-state index contributed by atoms with van der Waals surface area (Å²) in [6.45, 7) is 7.48. The molecule has 2 atom stereocenters. The highest BCUT2D eigenvalue weighted by atomic mass is 16.2. The zero-order valence-electron chi connectivity index (χ0n) is 9.83. The standard InChI is InChI=1S/C11H20N2O2/c1-5-8(4)10(11(12)15)13-9(14)6-7(2)3/h6,8,10H,5H2,1-4H3,(H2,12,15)(H,13,14). The molecule has 2 unspecified atom stereocenters. The zero-order valence-corrected chi connectivity index (χ0v) is 9.83. The van der Waals surface area contributed by atoms with Crippen molar-refractivity contribution in [1.29, 1.82) is 0 Å². The zero-order chi connectivity index (χ0) is 12.0. The van der Waals surface area contributed by atoms with Crippen LogP contribution in [0.2, 0.25) is 0 Å². The molecule has 4 nitrogen and oxygen atoms in total. The lowest BCUT2D eigenvalue weighted by Gasteiger charge is -2.20. The van der Waals surface area contributed by atoms with Gasteiger partial charge < -0.3 is 11.1 Å². The Bertz CT molecular complexity index is 268. The molecule has 0 aliphatic heterocycles. The van der Waals surface area contributed by atoms with Gasteiger partial charge in [-0.1, -0.05) is 25.8 Å². The molecule has 0 spiro atoms. The Morgan fingerprint density at radius 3 is 2.27 bits per heavy atom. The fourth-order valence-corrected chi connectivity index (χ4v) is 1.19. The smallest absolute Gasteiger partial charge is 0.244 e. The molecule has 0 radical (unpaired) electrons. The molecular formula is C11H20N2O2. The van der Waals surface area contributed by atoms with Crippen LogP contribution in [0, 0.1) is 5.92 Å². The van der Waals surface area contributed by atoms with Crippen molar-refractivity contribution in [2.75, 3.05) is 0 Å². The minimum Gasteiger partial charge on any atom is -0.368 e. The number of hydrogen-bond donors (Lipinski definition) is 2. The summed E-state index contributed by atoms with van der Waals surface area (Å²) >= 11 is 0. The molecule has 0 aromatic rings. The average Bonchev–Trinajstić information content (AvgIpc) is 2.11. The summed E-state index contributed by atoms with van der Waals surface area (Å²) in [7, 11) is 0. The third-order valence-corrected chi connectivity index (χ3v) is 2.24. The number of nitrogens with one attached hydrogen (secondary N) is 1. The Morgan fingerprint density at radius 2 is 1.93 bits per heavy atom. The van der Waals surface area contributed by atoms with E-state index in [-0.39, 0.29) is 11.8 Å². The van der Waals surface area contributed by atoms with E-state index in [2.05, 4.69) is 5.32 Å². The van der Waals surface area contributed by atoms with E-state index in [4.69, 9.17) is 5.73 Å². The SMILES string of the molecule is CCC(C)C(NC(=O)C=C(C)C)C(N)=O. The van der Waals surface area contributed by atoms with Gasteiger partial charge in [0.2, 0.25) is 11.8 Å². The summed E-state index contributed by atoms with van der Waals surface area (Å²) in [5, 5.41) is 2.61. The number of allylic oxidation sites excluding steroid dienone is 1. The van der Waals surface area contributed by atoms with E-state index in [1.165, 1.54) is 6.08 Å². The Morgan fingerprint density at radius 1 is 1.40 bits per heavy atom. The van der Waals surface area contributed by atoms with E-state index in [9.17, 15) is 9.59 Å². The third kappa shape index (κ3) is 5.20. The van der Waals surface area contributed by atoms with Crippen molar-refractivity contribution in [3.05, 3.63) is 11.6 Å². The van der Waals surface area contributed by atoms with Gasteiger partial charge in [-0.05, 0) is 19.8 Å². The van der Waals surface area contributed by atoms with Gasteiger partial charge in [-0.3, -0.25) is 9.59 Å². The first kappa shape index (κ1) is 13.7. The quantitative estimate of drug-likeness (QED) is 0.666. The Hall–Kier alpha value is -1.32. The van der Waals surface area contributed by atoms with Gasteiger partial charge in [-0.25, -0.2) is 0 Å². The second kappa shape index (κ2) is 6.22. The van der Waals surface area contributed by atoms with Crippen molar-refractivity contribution >= 4 is 11.8 Å². The summed E-state index contributed by atoms with van der Waals surface area (Å²) in [5.74, 6) is -0.698. The van der Waals surface area contributed by atoms with Gasteiger partial charge in [0.05, 0.1) is 0 Å². The van der Waals surface area contributed by atoms with E-state index in [0.29, 0.717) is 0 Å². The lowest BCUT2D eigenvalue weighted by atomic mass is 9.98. The normalized spacial score (nSPS) is 13.9. The summed E-state index contributed by atoms with van der Waals surface area (Å²) in [4.78, 5) is 22.5. The van der Waals surface area contributed by atoms with E-state index in [1.807, 2.05) is 27.7 Å². The first-order valence-electron chi connectivity index (χ1n) is 5.13. The monoisotopic (exact) mass is 212 g/mol. The number of carbonyl (C=O) groups is 2. The highest BCUT2D eigenvalue weighted by molar-refractivity contribution is 5.92. The molecule has 0 heterocycles. The maximum absolute atomic E-state index is 11.4. The molecule has 0 aliphatic rings. The molecule has 0 aromatic heterocycles. The maximum Gasteiger partial charge on any atom is 0.244 e. The second-order valence-electron chi connectivity index (χ2n) is 4.00. The van der Waals surface area contributed by atoms with Crippen molar-refractivity contribution < 1.29 is 9.59 Å². The minimum atomic E-state index is -0.585. The van der Waals surface area contributed by atoms with Crippen LogP contribution in [0.5, 0.6) is 0 Å². The molecular weight excluding hydrogens is 192 g/mol. The van der Waals surface area contributed by atoms with Crippen molar-refractivity contribution in [3.63, 3.8) is 0 Å². The molecule has 0 rings (SSSR count). The van der Waals surface area contributed by atoms with Crippen LogP contribution in [0.3, 0.4) is 0 Å². The fraction of sp³-hybridized carbons (Fsp3) is 0.636. The molecule has 15 heavy (non-hydrogen) atoms. The van der Waals surface area contributed by atoms with Gasteiger partial charge in [0.1, 0.15) is 6.04 Å². The average molecular weight is 212 g/mol. The van der Waals surface area contributed by atoms with E-state index in [0.717, 1.165) is 12.0 Å². The van der Waals surface area contributed by atoms with Crippen LogP contribution < -0.4 is 11.1 Å². The number of primary amides is 1. The van der Waals surface area contributed by atoms with E-state index < -0.39 is 11.9 Å². The number of nitrogens with two attached hydrogens (primary N) is 1. The first-order chi connectivity index (χ1) is 6.88. The molecule has 0 aliphatic carbocycles. The summed E-state index contributed by atoms with van der Waals surface area (Å²) in [6.07, 6.45) is 2.25. The number of hydrogen-bond acceptors (Lipinski definition) is 2. The van der Waals surface area contributed by atoms with Crippen molar-refractivity contribution in [2.24, 2.45) is 11.7 Å². The van der Waals surface area contributed by atoms with Gasteiger partial charge >= 0.3 is 0 Å². The molecule has 0 aromatic carbocycles. The van der Waals surface area contributed by atoms with Crippen molar-refractivity contribution in [2.45, 2.75) is 40.2 Å². The van der Waals surface area contributed by atoms with Crippen LogP contribution in [0.1, 0.15) is 34.1 Å². The molecule has 0 fully saturated rings. The maximum atomic E-state index is 11.4. The van der Waals surface area contributed by atoms with Crippen LogP contribution in [-0.4, -0.2) is 17.9 Å². The lowest BCUT2D eigenvalue weighted by Crippen LogP contribution is -2.47. The minimum absolute atomic E-state index is 0.0528. The fourth-order valence-electron chi connectivity index (χ4n) is 1.19. The molecule has 0 saturated carbocycles.